The highest BCUT2D eigenvalue weighted by Gasteiger charge is 2.29. The number of amides is 2. The van der Waals surface area contributed by atoms with E-state index < -0.39 is 5.92 Å². The van der Waals surface area contributed by atoms with Crippen molar-refractivity contribution in [1.82, 2.24) is 15.3 Å². The molecule has 4 rings (SSSR count). The van der Waals surface area contributed by atoms with Crippen LogP contribution >= 0.6 is 0 Å². The molecule has 1 atom stereocenters. The van der Waals surface area contributed by atoms with Crippen LogP contribution in [0.4, 0.5) is 10.1 Å². The van der Waals surface area contributed by atoms with E-state index in [1.807, 2.05) is 32.0 Å². The second-order valence-corrected chi connectivity index (χ2v) is 7.50. The van der Waals surface area contributed by atoms with Gasteiger partial charge in [0.1, 0.15) is 5.82 Å². The van der Waals surface area contributed by atoms with E-state index in [0.29, 0.717) is 22.5 Å². The minimum absolute atomic E-state index is 0.114. The number of aromatic nitrogens is 2. The maximum atomic E-state index is 13.3. The Morgan fingerprint density at radius 2 is 1.90 bits per heavy atom. The van der Waals surface area contributed by atoms with Crippen LogP contribution in [-0.2, 0) is 9.59 Å². The summed E-state index contributed by atoms with van der Waals surface area (Å²) in [5.74, 6) is -1.35. The number of nitrogens with one attached hydrogen (secondary N) is 2. The molecule has 0 saturated heterocycles. The van der Waals surface area contributed by atoms with Gasteiger partial charge < -0.3 is 10.6 Å². The fraction of sp³-hybridized carbons (Fsp3) is 0.167. The molecule has 1 unspecified atom stereocenters. The SMILES string of the molecule is Cc1cncc(-c2ccc(C)c(NC(=O)C3=CNC(=O)CC3c3ccc(F)cc3)c2)n1. The number of hydrogen-bond acceptors (Lipinski definition) is 4. The Morgan fingerprint density at radius 3 is 2.65 bits per heavy atom. The van der Waals surface area contributed by atoms with E-state index in [-0.39, 0.29) is 24.1 Å². The van der Waals surface area contributed by atoms with Crippen LogP contribution in [0.2, 0.25) is 0 Å². The lowest BCUT2D eigenvalue weighted by Crippen LogP contribution is -2.32. The molecule has 2 N–H and O–H groups in total. The number of carbonyl (C=O) groups is 2. The second kappa shape index (κ2) is 8.47. The molecule has 6 nitrogen and oxygen atoms in total. The monoisotopic (exact) mass is 416 g/mol. The fourth-order valence-electron chi connectivity index (χ4n) is 3.54. The number of halogens is 1. The maximum absolute atomic E-state index is 13.3. The first-order chi connectivity index (χ1) is 14.9. The van der Waals surface area contributed by atoms with Gasteiger partial charge in [-0.3, -0.25) is 14.6 Å². The van der Waals surface area contributed by atoms with Gasteiger partial charge >= 0.3 is 0 Å². The van der Waals surface area contributed by atoms with Crippen LogP contribution in [0, 0.1) is 19.7 Å². The second-order valence-electron chi connectivity index (χ2n) is 7.50. The Bertz CT molecular complexity index is 1190. The van der Waals surface area contributed by atoms with E-state index in [1.54, 1.807) is 24.5 Å². The Hall–Kier alpha value is -3.87. The molecule has 0 fully saturated rings. The number of carbonyl (C=O) groups excluding carboxylic acids is 2. The van der Waals surface area contributed by atoms with Crippen LogP contribution in [0.5, 0.6) is 0 Å². The molecule has 0 saturated carbocycles. The summed E-state index contributed by atoms with van der Waals surface area (Å²) >= 11 is 0. The number of hydrogen-bond donors (Lipinski definition) is 2. The Kier molecular flexibility index (Phi) is 5.58. The van der Waals surface area contributed by atoms with E-state index in [9.17, 15) is 14.0 Å². The van der Waals surface area contributed by atoms with Crippen LogP contribution in [0.1, 0.15) is 29.2 Å². The molecule has 0 spiro atoms. The Labute approximate surface area is 179 Å². The lowest BCUT2D eigenvalue weighted by atomic mass is 9.86. The van der Waals surface area contributed by atoms with Gasteiger partial charge in [0.2, 0.25) is 5.91 Å². The van der Waals surface area contributed by atoms with Crippen molar-refractivity contribution < 1.29 is 14.0 Å². The highest BCUT2D eigenvalue weighted by Crippen LogP contribution is 2.32. The summed E-state index contributed by atoms with van der Waals surface area (Å²) in [7, 11) is 0. The van der Waals surface area contributed by atoms with Crippen molar-refractivity contribution in [2.24, 2.45) is 0 Å². The van der Waals surface area contributed by atoms with Gasteiger partial charge in [-0.05, 0) is 43.2 Å². The largest absolute Gasteiger partial charge is 0.332 e. The zero-order valence-corrected chi connectivity index (χ0v) is 17.1. The third-order valence-electron chi connectivity index (χ3n) is 5.22. The fourth-order valence-corrected chi connectivity index (χ4v) is 3.54. The van der Waals surface area contributed by atoms with Gasteiger partial charge in [0.25, 0.3) is 5.91 Å². The summed E-state index contributed by atoms with van der Waals surface area (Å²) in [5, 5.41) is 5.56. The van der Waals surface area contributed by atoms with Crippen molar-refractivity contribution in [3.8, 4) is 11.3 Å². The predicted molar refractivity (Wildman–Crippen MR) is 116 cm³/mol. The zero-order valence-electron chi connectivity index (χ0n) is 17.1. The molecule has 2 amide bonds. The Morgan fingerprint density at radius 1 is 1.13 bits per heavy atom. The summed E-state index contributed by atoms with van der Waals surface area (Å²) in [6.45, 7) is 3.77. The number of benzene rings is 2. The van der Waals surface area contributed by atoms with Gasteiger partial charge in [-0.1, -0.05) is 24.3 Å². The number of anilines is 1. The molecule has 1 aromatic heterocycles. The summed E-state index contributed by atoms with van der Waals surface area (Å²) in [6.07, 6.45) is 4.90. The minimum Gasteiger partial charge on any atom is -0.332 e. The molecule has 1 aliphatic heterocycles. The minimum atomic E-state index is -0.458. The lowest BCUT2D eigenvalue weighted by Gasteiger charge is -2.24. The molecule has 156 valence electrons. The van der Waals surface area contributed by atoms with E-state index in [2.05, 4.69) is 20.6 Å². The van der Waals surface area contributed by atoms with Crippen LogP contribution < -0.4 is 10.6 Å². The number of rotatable bonds is 4. The van der Waals surface area contributed by atoms with Crippen molar-refractivity contribution in [2.75, 3.05) is 5.32 Å². The first-order valence-electron chi connectivity index (χ1n) is 9.86. The summed E-state index contributed by atoms with van der Waals surface area (Å²) in [6, 6.07) is 11.5. The third kappa shape index (κ3) is 4.50. The molecule has 1 aliphatic rings. The van der Waals surface area contributed by atoms with Gasteiger partial charge in [0.05, 0.1) is 17.6 Å². The van der Waals surface area contributed by atoms with Gasteiger partial charge in [0.15, 0.2) is 0 Å². The molecular weight excluding hydrogens is 395 g/mol. The molecule has 2 heterocycles. The summed E-state index contributed by atoms with van der Waals surface area (Å²) < 4.78 is 13.3. The van der Waals surface area contributed by atoms with Crippen LogP contribution in [0.25, 0.3) is 11.3 Å². The van der Waals surface area contributed by atoms with E-state index >= 15 is 0 Å². The van der Waals surface area contributed by atoms with Gasteiger partial charge in [-0.25, -0.2) is 9.37 Å². The average molecular weight is 416 g/mol. The third-order valence-corrected chi connectivity index (χ3v) is 5.22. The van der Waals surface area contributed by atoms with Gasteiger partial charge in [-0.15, -0.1) is 0 Å². The average Bonchev–Trinajstić information content (AvgIpc) is 2.75. The number of aryl methyl sites for hydroxylation is 2. The molecule has 0 bridgehead atoms. The highest BCUT2D eigenvalue weighted by molar-refractivity contribution is 6.07. The van der Waals surface area contributed by atoms with Crippen molar-refractivity contribution >= 4 is 17.5 Å². The van der Waals surface area contributed by atoms with Crippen molar-refractivity contribution in [3.63, 3.8) is 0 Å². The van der Waals surface area contributed by atoms with Gasteiger partial charge in [0, 0.05) is 41.6 Å². The maximum Gasteiger partial charge on any atom is 0.253 e. The van der Waals surface area contributed by atoms with Crippen molar-refractivity contribution in [2.45, 2.75) is 26.2 Å². The molecule has 7 heteroatoms. The first-order valence-corrected chi connectivity index (χ1v) is 9.86. The van der Waals surface area contributed by atoms with Crippen LogP contribution in [0.3, 0.4) is 0 Å². The quantitative estimate of drug-likeness (QED) is 0.673. The zero-order chi connectivity index (χ0) is 22.0. The van der Waals surface area contributed by atoms with Crippen LogP contribution in [0.15, 0.2) is 66.6 Å². The predicted octanol–water partition coefficient (Wildman–Crippen LogP) is 4.03. The first kappa shape index (κ1) is 20.4. The molecule has 3 aromatic rings. The molecule has 0 radical (unpaired) electrons. The molecular formula is C24H21FN4O2. The topological polar surface area (TPSA) is 84.0 Å². The smallest absolute Gasteiger partial charge is 0.253 e. The standard InChI is InChI=1S/C24H21FN4O2/c1-14-3-4-17(22-13-26-11-15(2)28-22)9-21(14)29-24(31)20-12-27-23(30)10-19(20)16-5-7-18(25)8-6-16/h3-9,11-13,19H,10H2,1-2H3,(H,27,30)(H,29,31). The summed E-state index contributed by atoms with van der Waals surface area (Å²) in [5.41, 5.74) is 4.98. The van der Waals surface area contributed by atoms with Gasteiger partial charge in [-0.2, -0.15) is 0 Å². The lowest BCUT2D eigenvalue weighted by molar-refractivity contribution is -0.121. The molecule has 0 aliphatic carbocycles. The van der Waals surface area contributed by atoms with Crippen molar-refractivity contribution in [1.29, 1.82) is 0 Å². The normalized spacial score (nSPS) is 15.8. The van der Waals surface area contributed by atoms with E-state index in [1.165, 1.54) is 18.3 Å². The summed E-state index contributed by atoms with van der Waals surface area (Å²) in [4.78, 5) is 33.8. The Balaban J connectivity index is 1.62. The number of nitrogens with zero attached hydrogens (tertiary/aromatic N) is 2. The van der Waals surface area contributed by atoms with E-state index in [0.717, 1.165) is 16.8 Å². The van der Waals surface area contributed by atoms with Crippen LogP contribution in [-0.4, -0.2) is 21.8 Å². The molecule has 31 heavy (non-hydrogen) atoms. The molecule has 2 aromatic carbocycles. The van der Waals surface area contributed by atoms with Crippen molar-refractivity contribution in [3.05, 3.63) is 89.3 Å². The highest BCUT2D eigenvalue weighted by atomic mass is 19.1. The van der Waals surface area contributed by atoms with E-state index in [4.69, 9.17) is 0 Å².